The minimum Gasteiger partial charge on any atom is -0.457 e. The summed E-state index contributed by atoms with van der Waals surface area (Å²) in [5.74, 6) is 1.31. The first-order valence-electron chi connectivity index (χ1n) is 9.57. The van der Waals surface area contributed by atoms with Crippen LogP contribution in [0.15, 0.2) is 88.7 Å². The third-order valence-corrected chi connectivity index (χ3v) is 7.32. The van der Waals surface area contributed by atoms with Crippen LogP contribution in [0.5, 0.6) is 11.5 Å². The van der Waals surface area contributed by atoms with E-state index in [1.807, 2.05) is 42.5 Å². The summed E-state index contributed by atoms with van der Waals surface area (Å²) in [7, 11) is -3.56. The molecule has 4 heteroatoms. The molecule has 0 aliphatic rings. The van der Waals surface area contributed by atoms with Crippen molar-refractivity contribution >= 4 is 9.84 Å². The van der Waals surface area contributed by atoms with Gasteiger partial charge in [-0.2, -0.15) is 0 Å². The molecule has 0 spiro atoms. The predicted octanol–water partition coefficient (Wildman–Crippen LogP) is 6.39. The molecular weight excluding hydrogens is 368 g/mol. The van der Waals surface area contributed by atoms with E-state index in [0.29, 0.717) is 16.4 Å². The summed E-state index contributed by atoms with van der Waals surface area (Å²) in [5.41, 5.74) is 1.24. The van der Waals surface area contributed by atoms with E-state index >= 15 is 0 Å². The fourth-order valence-electron chi connectivity index (χ4n) is 3.14. The Balaban J connectivity index is 1.82. The van der Waals surface area contributed by atoms with Gasteiger partial charge in [-0.1, -0.05) is 51.1 Å². The molecule has 0 unspecified atom stereocenters. The van der Waals surface area contributed by atoms with E-state index in [-0.39, 0.29) is 10.3 Å². The maximum atomic E-state index is 13.0. The molecule has 0 aliphatic carbocycles. The first-order chi connectivity index (χ1) is 13.4. The van der Waals surface area contributed by atoms with E-state index < -0.39 is 9.84 Å². The lowest BCUT2D eigenvalue weighted by Gasteiger charge is -2.27. The molecule has 3 rings (SSSR count). The molecule has 0 saturated heterocycles. The second-order valence-corrected chi connectivity index (χ2v) is 9.13. The number of hydrogen-bond acceptors (Lipinski definition) is 3. The predicted molar refractivity (Wildman–Crippen MR) is 113 cm³/mol. The van der Waals surface area contributed by atoms with Gasteiger partial charge in [-0.15, -0.1) is 0 Å². The van der Waals surface area contributed by atoms with Gasteiger partial charge >= 0.3 is 0 Å². The SMILES string of the molecule is CCC(C)(CC)c1ccc(S(=O)(=O)c2ccc(Oc3ccccc3)cc2)cc1. The van der Waals surface area contributed by atoms with Gasteiger partial charge in [-0.05, 0) is 72.4 Å². The van der Waals surface area contributed by atoms with Gasteiger partial charge in [0.2, 0.25) is 9.84 Å². The Labute approximate surface area is 167 Å². The molecular formula is C24H26O3S. The molecule has 0 atom stereocenters. The Kier molecular flexibility index (Phi) is 5.90. The highest BCUT2D eigenvalue weighted by molar-refractivity contribution is 7.91. The van der Waals surface area contributed by atoms with Crippen LogP contribution in [0, 0.1) is 0 Å². The molecule has 0 aliphatic heterocycles. The van der Waals surface area contributed by atoms with Crippen molar-refractivity contribution in [1.29, 1.82) is 0 Å². The van der Waals surface area contributed by atoms with E-state index in [4.69, 9.17) is 4.74 Å². The van der Waals surface area contributed by atoms with Gasteiger partial charge < -0.3 is 4.74 Å². The summed E-state index contributed by atoms with van der Waals surface area (Å²) in [6.45, 7) is 6.53. The molecule has 3 nitrogen and oxygen atoms in total. The van der Waals surface area contributed by atoms with Gasteiger partial charge in [0.05, 0.1) is 9.79 Å². The lowest BCUT2D eigenvalue weighted by atomic mass is 9.78. The summed E-state index contributed by atoms with van der Waals surface area (Å²) < 4.78 is 31.7. The molecule has 0 N–H and O–H groups in total. The van der Waals surface area contributed by atoms with E-state index in [9.17, 15) is 8.42 Å². The number of hydrogen-bond donors (Lipinski definition) is 0. The summed E-state index contributed by atoms with van der Waals surface area (Å²) >= 11 is 0. The van der Waals surface area contributed by atoms with Crippen LogP contribution in [0.3, 0.4) is 0 Å². The molecule has 0 saturated carbocycles. The first kappa shape index (κ1) is 20.2. The van der Waals surface area contributed by atoms with Crippen LogP contribution in [0.25, 0.3) is 0 Å². The third kappa shape index (κ3) is 4.12. The second kappa shape index (κ2) is 8.19. The molecule has 0 aromatic heterocycles. The van der Waals surface area contributed by atoms with E-state index in [1.54, 1.807) is 36.4 Å². The topological polar surface area (TPSA) is 43.4 Å². The Hall–Kier alpha value is -2.59. The van der Waals surface area contributed by atoms with Crippen LogP contribution in [0.4, 0.5) is 0 Å². The van der Waals surface area contributed by atoms with Crippen molar-refractivity contribution in [3.8, 4) is 11.5 Å². The first-order valence-corrected chi connectivity index (χ1v) is 11.1. The average molecular weight is 395 g/mol. The lowest BCUT2D eigenvalue weighted by Crippen LogP contribution is -2.19. The lowest BCUT2D eigenvalue weighted by molar-refractivity contribution is 0.438. The standard InChI is InChI=1S/C24H26O3S/c1-4-24(3,5-2)19-11-15-22(16-12-19)28(25,26)23-17-13-21(14-18-23)27-20-9-7-6-8-10-20/h6-18H,4-5H2,1-3H3. The quantitative estimate of drug-likeness (QED) is 0.466. The Morgan fingerprint density at radius 1 is 0.714 bits per heavy atom. The zero-order valence-corrected chi connectivity index (χ0v) is 17.4. The molecule has 0 amide bonds. The second-order valence-electron chi connectivity index (χ2n) is 7.18. The molecule has 0 heterocycles. The molecule has 146 valence electrons. The van der Waals surface area contributed by atoms with Gasteiger partial charge in [0.25, 0.3) is 0 Å². The fourth-order valence-corrected chi connectivity index (χ4v) is 4.40. The minimum atomic E-state index is -3.56. The normalized spacial score (nSPS) is 12.0. The fraction of sp³-hybridized carbons (Fsp3) is 0.250. The summed E-state index contributed by atoms with van der Waals surface area (Å²) in [6, 6.07) is 23.2. The molecule has 0 fully saturated rings. The van der Waals surface area contributed by atoms with Gasteiger partial charge in [-0.3, -0.25) is 0 Å². The Morgan fingerprint density at radius 2 is 1.18 bits per heavy atom. The van der Waals surface area contributed by atoms with Crippen molar-refractivity contribution in [3.63, 3.8) is 0 Å². The Bertz CT molecular complexity index is 1000. The summed E-state index contributed by atoms with van der Waals surface area (Å²) in [5, 5.41) is 0. The zero-order chi connectivity index (χ0) is 20.2. The smallest absolute Gasteiger partial charge is 0.206 e. The molecule has 3 aromatic rings. The molecule has 0 radical (unpaired) electrons. The van der Waals surface area contributed by atoms with Crippen LogP contribution in [0.2, 0.25) is 0 Å². The van der Waals surface area contributed by atoms with Crippen molar-refractivity contribution in [2.24, 2.45) is 0 Å². The van der Waals surface area contributed by atoms with Crippen molar-refractivity contribution in [1.82, 2.24) is 0 Å². The number of para-hydroxylation sites is 1. The van der Waals surface area contributed by atoms with Gasteiger partial charge in [0.15, 0.2) is 0 Å². The van der Waals surface area contributed by atoms with Crippen LogP contribution < -0.4 is 4.74 Å². The third-order valence-electron chi connectivity index (χ3n) is 5.54. The van der Waals surface area contributed by atoms with Gasteiger partial charge in [-0.25, -0.2) is 8.42 Å². The monoisotopic (exact) mass is 394 g/mol. The van der Waals surface area contributed by atoms with Crippen LogP contribution in [0.1, 0.15) is 39.2 Å². The van der Waals surface area contributed by atoms with Crippen LogP contribution in [-0.4, -0.2) is 8.42 Å². The molecule has 28 heavy (non-hydrogen) atoms. The highest BCUT2D eigenvalue weighted by Gasteiger charge is 2.24. The van der Waals surface area contributed by atoms with Crippen molar-refractivity contribution in [2.45, 2.75) is 48.8 Å². The summed E-state index contributed by atoms with van der Waals surface area (Å²) in [4.78, 5) is 0.567. The van der Waals surface area contributed by atoms with E-state index in [1.165, 1.54) is 5.56 Å². The minimum absolute atomic E-state index is 0.0682. The number of sulfone groups is 1. The molecule has 0 bridgehead atoms. The van der Waals surface area contributed by atoms with E-state index in [2.05, 4.69) is 20.8 Å². The van der Waals surface area contributed by atoms with Crippen molar-refractivity contribution in [3.05, 3.63) is 84.4 Å². The highest BCUT2D eigenvalue weighted by atomic mass is 32.2. The largest absolute Gasteiger partial charge is 0.457 e. The van der Waals surface area contributed by atoms with Gasteiger partial charge in [0, 0.05) is 0 Å². The average Bonchev–Trinajstić information content (AvgIpc) is 2.74. The Morgan fingerprint density at radius 3 is 1.68 bits per heavy atom. The van der Waals surface area contributed by atoms with Crippen LogP contribution >= 0.6 is 0 Å². The maximum Gasteiger partial charge on any atom is 0.206 e. The molecule has 3 aromatic carbocycles. The maximum absolute atomic E-state index is 13.0. The zero-order valence-electron chi connectivity index (χ0n) is 16.6. The van der Waals surface area contributed by atoms with E-state index in [0.717, 1.165) is 12.8 Å². The number of ether oxygens (including phenoxy) is 1. The van der Waals surface area contributed by atoms with Crippen molar-refractivity contribution in [2.75, 3.05) is 0 Å². The van der Waals surface area contributed by atoms with Crippen LogP contribution in [-0.2, 0) is 15.3 Å². The summed E-state index contributed by atoms with van der Waals surface area (Å²) in [6.07, 6.45) is 2.02. The highest BCUT2D eigenvalue weighted by Crippen LogP contribution is 2.32. The van der Waals surface area contributed by atoms with Gasteiger partial charge in [0.1, 0.15) is 11.5 Å². The van der Waals surface area contributed by atoms with Crippen molar-refractivity contribution < 1.29 is 13.2 Å². The number of rotatable bonds is 7. The number of benzene rings is 3.